The largest absolute Gasteiger partial charge is 0.289 e. The molecule has 1 aromatic carbocycles. The third-order valence-electron chi connectivity index (χ3n) is 2.23. The normalized spacial score (nSPS) is 11.4. The van der Waals surface area contributed by atoms with Crippen molar-refractivity contribution in [3.05, 3.63) is 32.8 Å². The Balaban J connectivity index is 3.14. The van der Waals surface area contributed by atoms with Crippen molar-refractivity contribution < 1.29 is 13.3 Å². The molecule has 0 aliphatic heterocycles. The van der Waals surface area contributed by atoms with Crippen LogP contribution in [-0.2, 0) is 10.0 Å². The van der Waals surface area contributed by atoms with Crippen LogP contribution in [-0.4, -0.2) is 19.9 Å². The number of benzene rings is 1. The maximum Gasteiger partial charge on any atom is 0.289 e. The van der Waals surface area contributed by atoms with Gasteiger partial charge in [0.2, 0.25) is 10.0 Å². The van der Waals surface area contributed by atoms with E-state index in [1.807, 2.05) is 6.92 Å². The summed E-state index contributed by atoms with van der Waals surface area (Å²) in [6.07, 6.45) is 1.52. The predicted octanol–water partition coefficient (Wildman–Crippen LogP) is 2.44. The Morgan fingerprint density at radius 2 is 2.11 bits per heavy atom. The molecule has 0 aromatic heterocycles. The predicted molar refractivity (Wildman–Crippen MR) is 70.9 cm³/mol. The van der Waals surface area contributed by atoms with Gasteiger partial charge in [0.15, 0.2) is 4.90 Å². The highest BCUT2D eigenvalue weighted by Gasteiger charge is 2.25. The Hall–Kier alpha value is -0.990. The quantitative estimate of drug-likeness (QED) is 0.490. The van der Waals surface area contributed by atoms with Gasteiger partial charge in [0.25, 0.3) is 5.69 Å². The summed E-state index contributed by atoms with van der Waals surface area (Å²) in [7, 11) is -3.85. The first-order chi connectivity index (χ1) is 8.38. The van der Waals surface area contributed by atoms with Crippen LogP contribution in [0.3, 0.4) is 0 Å². The summed E-state index contributed by atoms with van der Waals surface area (Å²) in [6.45, 7) is 2.19. The third-order valence-corrected chi connectivity index (χ3v) is 4.21. The van der Waals surface area contributed by atoms with Crippen molar-refractivity contribution in [3.63, 3.8) is 0 Å². The molecule has 0 aliphatic rings. The SMILES string of the molecule is CCCCNS(=O)(=O)c1cc(Br)ccc1[N+](=O)[O-]. The van der Waals surface area contributed by atoms with Gasteiger partial charge >= 0.3 is 0 Å². The second-order valence-electron chi connectivity index (χ2n) is 3.62. The molecule has 1 rings (SSSR count). The molecule has 0 amide bonds. The first-order valence-electron chi connectivity index (χ1n) is 5.32. The minimum atomic E-state index is -3.85. The van der Waals surface area contributed by atoms with Crippen LogP contribution in [0.5, 0.6) is 0 Å². The van der Waals surface area contributed by atoms with Crippen molar-refractivity contribution in [2.75, 3.05) is 6.54 Å². The lowest BCUT2D eigenvalue weighted by Crippen LogP contribution is -2.25. The number of halogens is 1. The second kappa shape index (κ2) is 6.26. The van der Waals surface area contributed by atoms with Crippen molar-refractivity contribution in [3.8, 4) is 0 Å². The molecular formula is C10H13BrN2O4S. The molecule has 0 saturated carbocycles. The fourth-order valence-electron chi connectivity index (χ4n) is 1.32. The molecular weight excluding hydrogens is 324 g/mol. The minimum absolute atomic E-state index is 0.266. The third kappa shape index (κ3) is 3.76. The number of sulfonamides is 1. The van der Waals surface area contributed by atoms with Crippen LogP contribution in [0, 0.1) is 10.1 Å². The van der Waals surface area contributed by atoms with Gasteiger partial charge < -0.3 is 0 Å². The molecule has 8 heteroatoms. The number of nitrogens with one attached hydrogen (secondary N) is 1. The Labute approximate surface area is 114 Å². The van der Waals surface area contributed by atoms with Crippen LogP contribution >= 0.6 is 15.9 Å². The number of nitro groups is 1. The van der Waals surface area contributed by atoms with Gasteiger partial charge in [-0.25, -0.2) is 13.1 Å². The zero-order chi connectivity index (χ0) is 13.8. The maximum absolute atomic E-state index is 11.9. The lowest BCUT2D eigenvalue weighted by molar-refractivity contribution is -0.387. The fraction of sp³-hybridized carbons (Fsp3) is 0.400. The van der Waals surface area contributed by atoms with Crippen molar-refractivity contribution in [1.82, 2.24) is 4.72 Å². The Morgan fingerprint density at radius 1 is 1.44 bits per heavy atom. The molecule has 0 radical (unpaired) electrons. The number of nitrogens with zero attached hydrogens (tertiary/aromatic N) is 1. The molecule has 0 bridgehead atoms. The lowest BCUT2D eigenvalue weighted by atomic mass is 10.3. The van der Waals surface area contributed by atoms with Crippen LogP contribution in [0.15, 0.2) is 27.6 Å². The maximum atomic E-state index is 11.9. The molecule has 100 valence electrons. The van der Waals surface area contributed by atoms with E-state index < -0.39 is 20.6 Å². The number of unbranched alkanes of at least 4 members (excludes halogenated alkanes) is 1. The van der Waals surface area contributed by atoms with Crippen LogP contribution < -0.4 is 4.72 Å². The molecule has 0 heterocycles. The average Bonchev–Trinajstić information content (AvgIpc) is 2.28. The topological polar surface area (TPSA) is 89.3 Å². The first kappa shape index (κ1) is 15.1. The number of rotatable bonds is 6. The summed E-state index contributed by atoms with van der Waals surface area (Å²) < 4.78 is 26.7. The molecule has 1 aromatic rings. The van der Waals surface area contributed by atoms with Gasteiger partial charge in [0.1, 0.15) is 0 Å². The molecule has 0 atom stereocenters. The lowest BCUT2D eigenvalue weighted by Gasteiger charge is -2.07. The molecule has 6 nitrogen and oxygen atoms in total. The molecule has 0 unspecified atom stereocenters. The van der Waals surface area contributed by atoms with E-state index in [9.17, 15) is 18.5 Å². The van der Waals surface area contributed by atoms with Gasteiger partial charge in [-0.2, -0.15) is 0 Å². The number of hydrogen-bond donors (Lipinski definition) is 1. The zero-order valence-corrected chi connectivity index (χ0v) is 12.1. The van der Waals surface area contributed by atoms with Crippen molar-refractivity contribution in [2.24, 2.45) is 0 Å². The average molecular weight is 337 g/mol. The van der Waals surface area contributed by atoms with Gasteiger partial charge in [-0.15, -0.1) is 0 Å². The minimum Gasteiger partial charge on any atom is -0.258 e. The summed E-state index contributed by atoms with van der Waals surface area (Å²) in [6, 6.07) is 3.83. The molecule has 18 heavy (non-hydrogen) atoms. The van der Waals surface area contributed by atoms with E-state index in [2.05, 4.69) is 20.7 Å². The Bertz CT molecular complexity index is 545. The van der Waals surface area contributed by atoms with Crippen LogP contribution in [0.25, 0.3) is 0 Å². The van der Waals surface area contributed by atoms with Gasteiger partial charge in [-0.3, -0.25) is 10.1 Å². The summed E-state index contributed by atoms with van der Waals surface area (Å²) in [5, 5.41) is 10.8. The van der Waals surface area contributed by atoms with E-state index in [4.69, 9.17) is 0 Å². The molecule has 0 saturated heterocycles. The highest BCUT2D eigenvalue weighted by atomic mass is 79.9. The van der Waals surface area contributed by atoms with E-state index in [0.717, 1.165) is 6.42 Å². The van der Waals surface area contributed by atoms with E-state index in [0.29, 0.717) is 10.9 Å². The number of hydrogen-bond acceptors (Lipinski definition) is 4. The molecule has 0 spiro atoms. The Morgan fingerprint density at radius 3 is 2.67 bits per heavy atom. The van der Waals surface area contributed by atoms with Gasteiger partial charge in [0, 0.05) is 17.1 Å². The first-order valence-corrected chi connectivity index (χ1v) is 7.59. The number of nitro benzene ring substituents is 1. The van der Waals surface area contributed by atoms with E-state index >= 15 is 0 Å². The van der Waals surface area contributed by atoms with Gasteiger partial charge in [0.05, 0.1) is 4.92 Å². The molecule has 0 fully saturated rings. The van der Waals surface area contributed by atoms with E-state index in [1.165, 1.54) is 18.2 Å². The van der Waals surface area contributed by atoms with E-state index in [-0.39, 0.29) is 11.4 Å². The molecule has 0 aliphatic carbocycles. The smallest absolute Gasteiger partial charge is 0.258 e. The fourth-order valence-corrected chi connectivity index (χ4v) is 3.10. The van der Waals surface area contributed by atoms with Crippen molar-refractivity contribution in [1.29, 1.82) is 0 Å². The zero-order valence-electron chi connectivity index (χ0n) is 9.72. The van der Waals surface area contributed by atoms with Crippen molar-refractivity contribution in [2.45, 2.75) is 24.7 Å². The van der Waals surface area contributed by atoms with Crippen molar-refractivity contribution >= 4 is 31.6 Å². The monoisotopic (exact) mass is 336 g/mol. The van der Waals surface area contributed by atoms with Gasteiger partial charge in [-0.05, 0) is 18.6 Å². The summed E-state index contributed by atoms with van der Waals surface area (Å²) in [4.78, 5) is 9.78. The second-order valence-corrected chi connectivity index (χ2v) is 6.27. The van der Waals surface area contributed by atoms with Gasteiger partial charge in [-0.1, -0.05) is 29.3 Å². The van der Waals surface area contributed by atoms with Crippen LogP contribution in [0.2, 0.25) is 0 Å². The molecule has 1 N–H and O–H groups in total. The standard InChI is InChI=1S/C10H13BrN2O4S/c1-2-3-6-12-18(16,17)10-7-8(11)4-5-9(10)13(14)15/h4-5,7,12H,2-3,6H2,1H3. The Kier molecular flexibility index (Phi) is 5.24. The van der Waals surface area contributed by atoms with E-state index in [1.54, 1.807) is 0 Å². The van der Waals surface area contributed by atoms with Crippen LogP contribution in [0.4, 0.5) is 5.69 Å². The van der Waals surface area contributed by atoms with Crippen LogP contribution in [0.1, 0.15) is 19.8 Å². The highest BCUT2D eigenvalue weighted by molar-refractivity contribution is 9.10. The summed E-state index contributed by atoms with van der Waals surface area (Å²) in [5.74, 6) is 0. The summed E-state index contributed by atoms with van der Waals surface area (Å²) >= 11 is 3.10. The highest BCUT2D eigenvalue weighted by Crippen LogP contribution is 2.26. The summed E-state index contributed by atoms with van der Waals surface area (Å²) in [5.41, 5.74) is -0.429.